The summed E-state index contributed by atoms with van der Waals surface area (Å²) in [4.78, 5) is 10.5. The van der Waals surface area contributed by atoms with Crippen LogP contribution in [-0.2, 0) is 0 Å². The number of nitrogens with one attached hydrogen (secondary N) is 1. The molecule has 2 aromatic carbocycles. The van der Waals surface area contributed by atoms with Crippen molar-refractivity contribution >= 4 is 11.4 Å². The van der Waals surface area contributed by atoms with E-state index in [1.807, 2.05) is 18.2 Å². The van der Waals surface area contributed by atoms with E-state index in [2.05, 4.69) is 24.4 Å². The smallest absolute Gasteiger partial charge is 0.292 e. The molecular formula is C15H16N2O2. The maximum atomic E-state index is 10.9. The Hall–Kier alpha value is -2.36. The highest BCUT2D eigenvalue weighted by atomic mass is 16.6. The monoisotopic (exact) mass is 256 g/mol. The summed E-state index contributed by atoms with van der Waals surface area (Å²) in [5.74, 6) is 0.293. The average Bonchev–Trinajstić information content (AvgIpc) is 2.46. The SMILES string of the molecule is CC(CNc1ccccc1[N+](=O)[O-])c1ccccc1. The zero-order chi connectivity index (χ0) is 13.7. The molecule has 4 heteroatoms. The molecule has 0 aliphatic heterocycles. The summed E-state index contributed by atoms with van der Waals surface area (Å²) < 4.78 is 0. The van der Waals surface area contributed by atoms with Gasteiger partial charge in [0.1, 0.15) is 5.69 Å². The molecule has 19 heavy (non-hydrogen) atoms. The van der Waals surface area contributed by atoms with Crippen LogP contribution in [0, 0.1) is 10.1 Å². The Labute approximate surface area is 112 Å². The molecule has 0 aliphatic rings. The second kappa shape index (κ2) is 6.00. The topological polar surface area (TPSA) is 55.2 Å². The summed E-state index contributed by atoms with van der Waals surface area (Å²) in [6.45, 7) is 2.76. The molecule has 0 radical (unpaired) electrons. The van der Waals surface area contributed by atoms with Crippen LogP contribution in [0.5, 0.6) is 0 Å². The van der Waals surface area contributed by atoms with E-state index in [0.29, 0.717) is 18.2 Å². The molecule has 1 atom stereocenters. The van der Waals surface area contributed by atoms with Crippen molar-refractivity contribution in [2.24, 2.45) is 0 Å². The standard InChI is InChI=1S/C15H16N2O2/c1-12(13-7-3-2-4-8-13)11-16-14-9-5-6-10-15(14)17(18)19/h2-10,12,16H,11H2,1H3. The van der Waals surface area contributed by atoms with Crippen molar-refractivity contribution in [1.82, 2.24) is 0 Å². The minimum Gasteiger partial charge on any atom is -0.379 e. The lowest BCUT2D eigenvalue weighted by Gasteiger charge is -2.14. The summed E-state index contributed by atoms with van der Waals surface area (Å²) in [7, 11) is 0. The van der Waals surface area contributed by atoms with Crippen LogP contribution in [0.4, 0.5) is 11.4 Å². The Morgan fingerprint density at radius 3 is 2.42 bits per heavy atom. The van der Waals surface area contributed by atoms with Crippen molar-refractivity contribution in [1.29, 1.82) is 0 Å². The van der Waals surface area contributed by atoms with Gasteiger partial charge in [-0.3, -0.25) is 10.1 Å². The Balaban J connectivity index is 2.05. The van der Waals surface area contributed by atoms with Crippen molar-refractivity contribution in [2.75, 3.05) is 11.9 Å². The number of hydrogen-bond donors (Lipinski definition) is 1. The van der Waals surface area contributed by atoms with Crippen LogP contribution in [0.1, 0.15) is 18.4 Å². The lowest BCUT2D eigenvalue weighted by Crippen LogP contribution is -2.10. The van der Waals surface area contributed by atoms with Gasteiger partial charge in [-0.05, 0) is 17.5 Å². The van der Waals surface area contributed by atoms with E-state index in [4.69, 9.17) is 0 Å². The Morgan fingerprint density at radius 1 is 1.11 bits per heavy atom. The van der Waals surface area contributed by atoms with Crippen LogP contribution >= 0.6 is 0 Å². The molecule has 0 spiro atoms. The van der Waals surface area contributed by atoms with Crippen LogP contribution in [0.25, 0.3) is 0 Å². The first-order valence-corrected chi connectivity index (χ1v) is 6.20. The van der Waals surface area contributed by atoms with Gasteiger partial charge < -0.3 is 5.32 Å². The van der Waals surface area contributed by atoms with E-state index in [9.17, 15) is 10.1 Å². The van der Waals surface area contributed by atoms with Crippen molar-refractivity contribution in [3.63, 3.8) is 0 Å². The van der Waals surface area contributed by atoms with E-state index in [-0.39, 0.29) is 10.6 Å². The van der Waals surface area contributed by atoms with Gasteiger partial charge in [-0.1, -0.05) is 49.4 Å². The first-order chi connectivity index (χ1) is 9.18. The number of hydrogen-bond acceptors (Lipinski definition) is 3. The number of rotatable bonds is 5. The van der Waals surface area contributed by atoms with Crippen LogP contribution in [0.2, 0.25) is 0 Å². The molecule has 0 saturated heterocycles. The van der Waals surface area contributed by atoms with E-state index < -0.39 is 0 Å². The zero-order valence-electron chi connectivity index (χ0n) is 10.7. The van der Waals surface area contributed by atoms with Gasteiger partial charge in [0.2, 0.25) is 0 Å². The molecule has 0 amide bonds. The molecule has 0 bridgehead atoms. The van der Waals surface area contributed by atoms with Crippen LogP contribution < -0.4 is 5.32 Å². The maximum Gasteiger partial charge on any atom is 0.292 e. The number of benzene rings is 2. The fourth-order valence-electron chi connectivity index (χ4n) is 1.94. The van der Waals surface area contributed by atoms with Gasteiger partial charge in [0, 0.05) is 12.6 Å². The highest BCUT2D eigenvalue weighted by Crippen LogP contribution is 2.24. The quantitative estimate of drug-likeness (QED) is 0.653. The number of anilines is 1. The molecule has 2 rings (SSSR count). The predicted molar refractivity (Wildman–Crippen MR) is 76.4 cm³/mol. The zero-order valence-corrected chi connectivity index (χ0v) is 10.7. The highest BCUT2D eigenvalue weighted by molar-refractivity contribution is 5.61. The lowest BCUT2D eigenvalue weighted by atomic mass is 10.0. The van der Waals surface area contributed by atoms with Gasteiger partial charge in [-0.2, -0.15) is 0 Å². The van der Waals surface area contributed by atoms with Crippen molar-refractivity contribution in [3.05, 3.63) is 70.3 Å². The van der Waals surface area contributed by atoms with E-state index >= 15 is 0 Å². The lowest BCUT2D eigenvalue weighted by molar-refractivity contribution is -0.384. The third-order valence-electron chi connectivity index (χ3n) is 3.07. The summed E-state index contributed by atoms with van der Waals surface area (Å²) in [5, 5.41) is 14.1. The Bertz CT molecular complexity index is 555. The van der Waals surface area contributed by atoms with Crippen LogP contribution in [0.15, 0.2) is 54.6 Å². The van der Waals surface area contributed by atoms with Crippen LogP contribution in [-0.4, -0.2) is 11.5 Å². The third kappa shape index (κ3) is 3.31. The maximum absolute atomic E-state index is 10.9. The first kappa shape index (κ1) is 13.1. The van der Waals surface area contributed by atoms with Gasteiger partial charge in [-0.15, -0.1) is 0 Å². The molecule has 0 aromatic heterocycles. The van der Waals surface area contributed by atoms with Crippen LogP contribution in [0.3, 0.4) is 0 Å². The normalized spacial score (nSPS) is 11.8. The summed E-state index contributed by atoms with van der Waals surface area (Å²) >= 11 is 0. The fraction of sp³-hybridized carbons (Fsp3) is 0.200. The molecule has 98 valence electrons. The Kier molecular flexibility index (Phi) is 4.13. The number of nitrogens with zero attached hydrogens (tertiary/aromatic N) is 1. The second-order valence-corrected chi connectivity index (χ2v) is 4.47. The van der Waals surface area contributed by atoms with Gasteiger partial charge >= 0.3 is 0 Å². The van der Waals surface area contributed by atoms with Gasteiger partial charge in [-0.25, -0.2) is 0 Å². The number of para-hydroxylation sites is 2. The predicted octanol–water partition coefficient (Wildman–Crippen LogP) is 3.81. The summed E-state index contributed by atoms with van der Waals surface area (Å²) in [6.07, 6.45) is 0. The summed E-state index contributed by atoms with van der Waals surface area (Å²) in [5.41, 5.74) is 1.90. The molecule has 0 heterocycles. The van der Waals surface area contributed by atoms with E-state index in [1.165, 1.54) is 11.6 Å². The number of nitro groups is 1. The van der Waals surface area contributed by atoms with Gasteiger partial charge in [0.25, 0.3) is 5.69 Å². The van der Waals surface area contributed by atoms with Crippen molar-refractivity contribution in [3.8, 4) is 0 Å². The first-order valence-electron chi connectivity index (χ1n) is 6.20. The molecular weight excluding hydrogens is 240 g/mol. The minimum absolute atomic E-state index is 0.114. The average molecular weight is 256 g/mol. The van der Waals surface area contributed by atoms with E-state index in [1.54, 1.807) is 18.2 Å². The molecule has 0 aliphatic carbocycles. The van der Waals surface area contributed by atoms with Gasteiger partial charge in [0.15, 0.2) is 0 Å². The molecule has 0 fully saturated rings. The highest BCUT2D eigenvalue weighted by Gasteiger charge is 2.13. The molecule has 2 aromatic rings. The van der Waals surface area contributed by atoms with Crippen molar-refractivity contribution < 1.29 is 4.92 Å². The fourth-order valence-corrected chi connectivity index (χ4v) is 1.94. The van der Waals surface area contributed by atoms with Gasteiger partial charge in [0.05, 0.1) is 4.92 Å². The largest absolute Gasteiger partial charge is 0.379 e. The molecule has 0 saturated carbocycles. The van der Waals surface area contributed by atoms with E-state index in [0.717, 1.165) is 0 Å². The minimum atomic E-state index is -0.366. The Morgan fingerprint density at radius 2 is 1.74 bits per heavy atom. The number of nitro benzene ring substituents is 1. The third-order valence-corrected chi connectivity index (χ3v) is 3.07. The molecule has 1 N–H and O–H groups in total. The molecule has 1 unspecified atom stereocenters. The van der Waals surface area contributed by atoms with Crippen molar-refractivity contribution in [2.45, 2.75) is 12.8 Å². The summed E-state index contributed by atoms with van der Waals surface area (Å²) in [6, 6.07) is 16.8. The molecule has 4 nitrogen and oxygen atoms in total. The second-order valence-electron chi connectivity index (χ2n) is 4.47.